The lowest BCUT2D eigenvalue weighted by Gasteiger charge is -2.25. The molecule has 0 aromatic heterocycles. The number of hydrogen-bond acceptors (Lipinski definition) is 3. The summed E-state index contributed by atoms with van der Waals surface area (Å²) in [6.45, 7) is 1.15. The summed E-state index contributed by atoms with van der Waals surface area (Å²) < 4.78 is 11.5. The molecule has 0 aliphatic carbocycles. The van der Waals surface area contributed by atoms with Crippen LogP contribution in [0.1, 0.15) is 5.56 Å². The second-order valence-electron chi connectivity index (χ2n) is 4.40. The first-order valence-corrected chi connectivity index (χ1v) is 6.35. The van der Waals surface area contributed by atoms with Crippen molar-refractivity contribution in [3.63, 3.8) is 0 Å². The number of fused-ring (bicyclic) bond motifs is 1. The first-order valence-electron chi connectivity index (χ1n) is 6.35. The van der Waals surface area contributed by atoms with E-state index in [4.69, 9.17) is 9.47 Å². The van der Waals surface area contributed by atoms with Gasteiger partial charge >= 0.3 is 0 Å². The smallest absolute Gasteiger partial charge is 0.161 e. The van der Waals surface area contributed by atoms with Crippen molar-refractivity contribution < 1.29 is 9.47 Å². The Labute approximate surface area is 112 Å². The van der Waals surface area contributed by atoms with Gasteiger partial charge < -0.3 is 9.47 Å². The largest absolute Gasteiger partial charge is 0.486 e. The summed E-state index contributed by atoms with van der Waals surface area (Å²) in [7, 11) is 0. The minimum absolute atomic E-state index is 0.0186. The highest BCUT2D eigenvalue weighted by Gasteiger charge is 2.19. The Morgan fingerprint density at radius 2 is 1.74 bits per heavy atom. The molecule has 0 radical (unpaired) electrons. The molecule has 3 nitrogen and oxygen atoms in total. The predicted molar refractivity (Wildman–Crippen MR) is 75.3 cm³/mol. The van der Waals surface area contributed by atoms with Crippen LogP contribution in [-0.2, 0) is 0 Å². The number of benzene rings is 2. The zero-order chi connectivity index (χ0) is 12.9. The fourth-order valence-corrected chi connectivity index (χ4v) is 1.97. The third kappa shape index (κ3) is 2.94. The first-order chi connectivity index (χ1) is 9.42. The summed E-state index contributed by atoms with van der Waals surface area (Å²) in [6, 6.07) is 17.8. The van der Waals surface area contributed by atoms with Crippen LogP contribution in [0, 0.1) is 0 Å². The highest BCUT2D eigenvalue weighted by Crippen LogP contribution is 2.30. The highest BCUT2D eigenvalue weighted by atomic mass is 16.6. The van der Waals surface area contributed by atoms with Crippen LogP contribution in [0.4, 0.5) is 0 Å². The molecule has 3 heteroatoms. The standard InChI is InChI=1S/C16H15NO2/c1-2-6-13(7-3-1)10-17-11-14-12-18-15-8-4-5-9-16(15)19-14/h1-10,14H,11-12H2. The molecule has 1 heterocycles. The van der Waals surface area contributed by atoms with Crippen LogP contribution in [0.15, 0.2) is 59.6 Å². The summed E-state index contributed by atoms with van der Waals surface area (Å²) in [5.41, 5.74) is 1.10. The van der Waals surface area contributed by atoms with E-state index >= 15 is 0 Å². The van der Waals surface area contributed by atoms with Gasteiger partial charge in [-0.05, 0) is 17.7 Å². The van der Waals surface area contributed by atoms with Crippen molar-refractivity contribution in [1.82, 2.24) is 0 Å². The Bertz CT molecular complexity index is 566. The number of ether oxygens (including phenoxy) is 2. The molecule has 1 aliphatic heterocycles. The molecule has 1 atom stereocenters. The molecule has 0 amide bonds. The fraction of sp³-hybridized carbons (Fsp3) is 0.188. The van der Waals surface area contributed by atoms with Crippen LogP contribution in [0.5, 0.6) is 11.5 Å². The monoisotopic (exact) mass is 253 g/mol. The van der Waals surface area contributed by atoms with Crippen molar-refractivity contribution in [3.8, 4) is 11.5 Å². The fourth-order valence-electron chi connectivity index (χ4n) is 1.97. The lowest BCUT2D eigenvalue weighted by atomic mass is 10.2. The van der Waals surface area contributed by atoms with Gasteiger partial charge in [0.1, 0.15) is 6.61 Å². The second-order valence-corrected chi connectivity index (χ2v) is 4.40. The van der Waals surface area contributed by atoms with Gasteiger partial charge in [-0.3, -0.25) is 4.99 Å². The lowest BCUT2D eigenvalue weighted by Crippen LogP contribution is -2.31. The van der Waals surface area contributed by atoms with Gasteiger partial charge in [0.25, 0.3) is 0 Å². The van der Waals surface area contributed by atoms with E-state index in [0.29, 0.717) is 13.2 Å². The van der Waals surface area contributed by atoms with E-state index in [1.807, 2.05) is 60.8 Å². The van der Waals surface area contributed by atoms with Crippen LogP contribution < -0.4 is 9.47 Å². The lowest BCUT2D eigenvalue weighted by molar-refractivity contribution is 0.0973. The number of aliphatic imine (C=N–C) groups is 1. The number of para-hydroxylation sites is 2. The summed E-state index contributed by atoms with van der Waals surface area (Å²) >= 11 is 0. The third-order valence-corrected chi connectivity index (χ3v) is 2.92. The van der Waals surface area contributed by atoms with Crippen LogP contribution in [-0.4, -0.2) is 25.5 Å². The molecule has 0 spiro atoms. The molecule has 1 unspecified atom stereocenters. The zero-order valence-electron chi connectivity index (χ0n) is 10.5. The van der Waals surface area contributed by atoms with Crippen LogP contribution in [0.3, 0.4) is 0 Å². The molecule has 2 aromatic carbocycles. The maximum Gasteiger partial charge on any atom is 0.161 e. The van der Waals surface area contributed by atoms with Gasteiger partial charge in [-0.2, -0.15) is 0 Å². The number of rotatable bonds is 3. The maximum atomic E-state index is 5.83. The van der Waals surface area contributed by atoms with E-state index < -0.39 is 0 Å². The van der Waals surface area contributed by atoms with E-state index in [1.165, 1.54) is 0 Å². The quantitative estimate of drug-likeness (QED) is 0.787. The van der Waals surface area contributed by atoms with Gasteiger partial charge in [-0.15, -0.1) is 0 Å². The van der Waals surface area contributed by atoms with Gasteiger partial charge in [0.05, 0.1) is 6.54 Å². The first kappa shape index (κ1) is 11.8. The van der Waals surface area contributed by atoms with E-state index in [2.05, 4.69) is 4.99 Å². The molecule has 0 N–H and O–H groups in total. The number of hydrogen-bond donors (Lipinski definition) is 0. The summed E-state index contributed by atoms with van der Waals surface area (Å²) in [5, 5.41) is 0. The molecule has 0 fully saturated rings. The van der Waals surface area contributed by atoms with Crippen LogP contribution >= 0.6 is 0 Å². The molecule has 2 aromatic rings. The van der Waals surface area contributed by atoms with Gasteiger partial charge in [-0.25, -0.2) is 0 Å². The van der Waals surface area contributed by atoms with E-state index in [0.717, 1.165) is 17.1 Å². The molecular formula is C16H15NO2. The van der Waals surface area contributed by atoms with E-state index in [9.17, 15) is 0 Å². The Morgan fingerprint density at radius 1 is 1.00 bits per heavy atom. The highest BCUT2D eigenvalue weighted by molar-refractivity contribution is 5.79. The van der Waals surface area contributed by atoms with Crippen molar-refractivity contribution in [3.05, 3.63) is 60.2 Å². The minimum atomic E-state index is -0.0186. The van der Waals surface area contributed by atoms with Gasteiger partial charge in [0, 0.05) is 6.21 Å². The molecule has 0 saturated carbocycles. The Balaban J connectivity index is 1.59. The summed E-state index contributed by atoms with van der Waals surface area (Å²) in [4.78, 5) is 4.41. The molecular weight excluding hydrogens is 238 g/mol. The van der Waals surface area contributed by atoms with Crippen molar-refractivity contribution in [1.29, 1.82) is 0 Å². The topological polar surface area (TPSA) is 30.8 Å². The normalized spacial score (nSPS) is 17.6. The average Bonchev–Trinajstić information content (AvgIpc) is 2.48. The predicted octanol–water partition coefficient (Wildman–Crippen LogP) is 2.95. The molecule has 1 aliphatic rings. The van der Waals surface area contributed by atoms with Crippen molar-refractivity contribution in [2.24, 2.45) is 4.99 Å². The van der Waals surface area contributed by atoms with Crippen molar-refractivity contribution in [2.45, 2.75) is 6.10 Å². The molecule has 0 saturated heterocycles. The average molecular weight is 253 g/mol. The second kappa shape index (κ2) is 5.57. The van der Waals surface area contributed by atoms with Gasteiger partial charge in [0.2, 0.25) is 0 Å². The SMILES string of the molecule is C(=NCC1COc2ccccc2O1)c1ccccc1. The Hall–Kier alpha value is -2.29. The van der Waals surface area contributed by atoms with E-state index in [1.54, 1.807) is 0 Å². The summed E-state index contributed by atoms with van der Waals surface area (Å²) in [6.07, 6.45) is 1.85. The zero-order valence-corrected chi connectivity index (χ0v) is 10.5. The van der Waals surface area contributed by atoms with E-state index in [-0.39, 0.29) is 6.10 Å². The summed E-state index contributed by atoms with van der Waals surface area (Å²) in [5.74, 6) is 1.61. The van der Waals surface area contributed by atoms with Crippen molar-refractivity contribution >= 4 is 6.21 Å². The van der Waals surface area contributed by atoms with Crippen LogP contribution in [0.25, 0.3) is 0 Å². The maximum absolute atomic E-state index is 5.83. The Kier molecular flexibility index (Phi) is 3.45. The molecule has 3 rings (SSSR count). The van der Waals surface area contributed by atoms with Crippen molar-refractivity contribution in [2.75, 3.05) is 13.2 Å². The molecule has 19 heavy (non-hydrogen) atoms. The minimum Gasteiger partial charge on any atom is -0.486 e. The van der Waals surface area contributed by atoms with Crippen LogP contribution in [0.2, 0.25) is 0 Å². The molecule has 96 valence electrons. The Morgan fingerprint density at radius 3 is 2.58 bits per heavy atom. The molecule has 0 bridgehead atoms. The number of nitrogens with zero attached hydrogens (tertiary/aromatic N) is 1. The third-order valence-electron chi connectivity index (χ3n) is 2.92. The van der Waals surface area contributed by atoms with Gasteiger partial charge in [0.15, 0.2) is 17.6 Å². The van der Waals surface area contributed by atoms with Gasteiger partial charge in [-0.1, -0.05) is 42.5 Å².